The van der Waals surface area contributed by atoms with Crippen LogP contribution in [-0.4, -0.2) is 78.5 Å². The van der Waals surface area contributed by atoms with Crippen molar-refractivity contribution in [1.29, 1.82) is 0 Å². The van der Waals surface area contributed by atoms with Gasteiger partial charge in [0.1, 0.15) is 0 Å². The van der Waals surface area contributed by atoms with E-state index in [4.69, 9.17) is 16.3 Å². The third-order valence-electron chi connectivity index (χ3n) is 6.98. The normalized spacial score (nSPS) is 18.7. The minimum Gasteiger partial charge on any atom is -0.463 e. The van der Waals surface area contributed by atoms with Crippen LogP contribution in [0, 0.1) is 6.92 Å². The number of urea groups is 1. The lowest BCUT2D eigenvalue weighted by Gasteiger charge is -2.38. The van der Waals surface area contributed by atoms with Crippen LogP contribution in [0.2, 0.25) is 5.02 Å². The van der Waals surface area contributed by atoms with Crippen LogP contribution in [0.15, 0.2) is 59.8 Å². The first-order valence-corrected chi connectivity index (χ1v) is 13.5. The van der Waals surface area contributed by atoms with Gasteiger partial charge >= 0.3 is 12.0 Å². The largest absolute Gasteiger partial charge is 0.463 e. The second-order valence-corrected chi connectivity index (χ2v) is 9.99. The maximum Gasteiger partial charge on any atom is 0.338 e. The molecule has 2 aromatic carbocycles. The smallest absolute Gasteiger partial charge is 0.338 e. The van der Waals surface area contributed by atoms with E-state index in [9.17, 15) is 14.4 Å². The van der Waals surface area contributed by atoms with Crippen LogP contribution in [0.5, 0.6) is 0 Å². The Labute approximate surface area is 229 Å². The third kappa shape index (κ3) is 6.19. The summed E-state index contributed by atoms with van der Waals surface area (Å²) >= 11 is 6.25. The molecule has 0 radical (unpaired) electrons. The Morgan fingerprint density at radius 1 is 1.05 bits per heavy atom. The molecule has 1 fully saturated rings. The molecular formula is C29H35ClN4O4. The van der Waals surface area contributed by atoms with E-state index >= 15 is 0 Å². The molecule has 0 saturated carbocycles. The summed E-state index contributed by atoms with van der Waals surface area (Å²) in [7, 11) is 0. The van der Waals surface area contributed by atoms with Crippen molar-refractivity contribution in [1.82, 2.24) is 20.0 Å². The van der Waals surface area contributed by atoms with E-state index in [1.54, 1.807) is 30.0 Å². The third-order valence-corrected chi connectivity index (χ3v) is 7.21. The maximum absolute atomic E-state index is 13.3. The number of halogens is 1. The fourth-order valence-corrected chi connectivity index (χ4v) is 5.22. The van der Waals surface area contributed by atoms with E-state index in [0.29, 0.717) is 60.1 Å². The number of nitrogens with one attached hydrogen (secondary N) is 1. The number of benzene rings is 2. The monoisotopic (exact) mass is 538 g/mol. The first-order chi connectivity index (χ1) is 18.3. The number of nitrogens with zero attached hydrogens (tertiary/aromatic N) is 3. The topological polar surface area (TPSA) is 82.2 Å². The van der Waals surface area contributed by atoms with Gasteiger partial charge in [0, 0.05) is 55.6 Å². The molecule has 0 aromatic heterocycles. The van der Waals surface area contributed by atoms with E-state index in [1.807, 2.05) is 49.1 Å². The summed E-state index contributed by atoms with van der Waals surface area (Å²) in [6.45, 7) is 9.22. The molecule has 0 bridgehead atoms. The molecular weight excluding hydrogens is 504 g/mol. The van der Waals surface area contributed by atoms with Gasteiger partial charge in [-0.2, -0.15) is 0 Å². The van der Waals surface area contributed by atoms with E-state index in [-0.39, 0.29) is 18.5 Å². The molecule has 9 heteroatoms. The van der Waals surface area contributed by atoms with Crippen molar-refractivity contribution in [3.8, 4) is 0 Å². The molecule has 8 nitrogen and oxygen atoms in total. The zero-order valence-electron chi connectivity index (χ0n) is 22.2. The number of esters is 1. The molecule has 0 aliphatic carbocycles. The van der Waals surface area contributed by atoms with E-state index < -0.39 is 12.0 Å². The number of aryl methyl sites for hydroxylation is 1. The predicted molar refractivity (Wildman–Crippen MR) is 147 cm³/mol. The van der Waals surface area contributed by atoms with Crippen molar-refractivity contribution in [2.24, 2.45) is 0 Å². The molecule has 202 valence electrons. The summed E-state index contributed by atoms with van der Waals surface area (Å²) in [6.07, 6.45) is 0.787. The van der Waals surface area contributed by atoms with Gasteiger partial charge in [-0.05, 0) is 57.0 Å². The van der Waals surface area contributed by atoms with Crippen LogP contribution in [0.4, 0.5) is 4.79 Å². The van der Waals surface area contributed by atoms with E-state index in [2.05, 4.69) is 10.2 Å². The van der Waals surface area contributed by atoms with Crippen molar-refractivity contribution >= 4 is 29.5 Å². The quantitative estimate of drug-likeness (QED) is 0.528. The number of hydrogen-bond donors (Lipinski definition) is 1. The molecule has 1 saturated heterocycles. The van der Waals surface area contributed by atoms with E-state index in [0.717, 1.165) is 18.5 Å². The molecule has 3 amide bonds. The van der Waals surface area contributed by atoms with Crippen molar-refractivity contribution in [3.63, 3.8) is 0 Å². The molecule has 2 aromatic rings. The minimum absolute atomic E-state index is 0.0199. The Morgan fingerprint density at radius 3 is 2.50 bits per heavy atom. The Hall–Kier alpha value is -3.36. The molecule has 2 aliphatic rings. The summed E-state index contributed by atoms with van der Waals surface area (Å²) < 4.78 is 5.46. The molecule has 4 rings (SSSR count). The average molecular weight is 539 g/mol. The van der Waals surface area contributed by atoms with Crippen LogP contribution >= 0.6 is 11.6 Å². The number of rotatable bonds is 7. The number of hydrogen-bond acceptors (Lipinski definition) is 5. The highest BCUT2D eigenvalue weighted by Crippen LogP contribution is 2.33. The fraction of sp³-hybridized carbons (Fsp3) is 0.414. The summed E-state index contributed by atoms with van der Waals surface area (Å²) in [5, 5.41) is 3.49. The van der Waals surface area contributed by atoms with Gasteiger partial charge in [-0.1, -0.05) is 41.4 Å². The summed E-state index contributed by atoms with van der Waals surface area (Å²) in [4.78, 5) is 45.3. The summed E-state index contributed by atoms with van der Waals surface area (Å²) in [5.74, 6) is -0.441. The molecule has 0 spiro atoms. The molecule has 1 N–H and O–H groups in total. The van der Waals surface area contributed by atoms with Gasteiger partial charge in [0.05, 0.1) is 18.2 Å². The molecule has 2 aliphatic heterocycles. The molecule has 38 heavy (non-hydrogen) atoms. The highest BCUT2D eigenvalue weighted by Gasteiger charge is 2.38. The van der Waals surface area contributed by atoms with Gasteiger partial charge in [-0.25, -0.2) is 9.59 Å². The highest BCUT2D eigenvalue weighted by atomic mass is 35.5. The van der Waals surface area contributed by atoms with Crippen molar-refractivity contribution in [2.45, 2.75) is 33.2 Å². The Balaban J connectivity index is 1.62. The van der Waals surface area contributed by atoms with Gasteiger partial charge < -0.3 is 15.0 Å². The second kappa shape index (κ2) is 12.5. The van der Waals surface area contributed by atoms with Crippen molar-refractivity contribution in [3.05, 3.63) is 81.5 Å². The molecule has 2 heterocycles. The van der Waals surface area contributed by atoms with Gasteiger partial charge in [-0.3, -0.25) is 14.6 Å². The Kier molecular flexibility index (Phi) is 9.07. The van der Waals surface area contributed by atoms with Crippen LogP contribution in [-0.2, 0) is 9.53 Å². The Morgan fingerprint density at radius 2 is 1.82 bits per heavy atom. The van der Waals surface area contributed by atoms with Gasteiger partial charge in [0.15, 0.2) is 0 Å². The van der Waals surface area contributed by atoms with Crippen LogP contribution < -0.4 is 5.32 Å². The second-order valence-electron chi connectivity index (χ2n) is 9.55. The SMILES string of the molecule is CCOC(=O)C1=C(CN2CCCN(C(=O)c3ccc(C)cc3)CC2)N(CC)C(=O)NC1c1cccc(Cl)c1. The molecule has 1 atom stereocenters. The average Bonchev–Trinajstić information content (AvgIpc) is 3.14. The Bertz CT molecular complexity index is 1210. The standard InChI is InChI=1S/C29H35ClN4O4/c1-4-34-24(19-32-14-7-15-33(17-16-32)27(35)21-12-10-20(3)11-13-21)25(28(36)38-5-2)26(31-29(34)37)22-8-6-9-23(30)18-22/h6,8-13,18,26H,4-5,7,14-17,19H2,1-3H3,(H,31,37). The number of likely N-dealkylation sites (N-methyl/N-ethyl adjacent to an activating group) is 1. The predicted octanol–water partition coefficient (Wildman–Crippen LogP) is 4.40. The number of carbonyl (C=O) groups excluding carboxylic acids is 3. The number of carbonyl (C=O) groups is 3. The lowest BCUT2D eigenvalue weighted by molar-refractivity contribution is -0.139. The number of amides is 3. The minimum atomic E-state index is -0.676. The summed E-state index contributed by atoms with van der Waals surface area (Å²) in [5.41, 5.74) is 3.54. The lowest BCUT2D eigenvalue weighted by atomic mass is 9.94. The maximum atomic E-state index is 13.3. The van der Waals surface area contributed by atoms with Crippen LogP contribution in [0.25, 0.3) is 0 Å². The zero-order chi connectivity index (χ0) is 27.2. The summed E-state index contributed by atoms with van der Waals surface area (Å²) in [6, 6.07) is 13.8. The first-order valence-electron chi connectivity index (χ1n) is 13.1. The van der Waals surface area contributed by atoms with E-state index in [1.165, 1.54) is 0 Å². The van der Waals surface area contributed by atoms with Crippen LogP contribution in [0.3, 0.4) is 0 Å². The van der Waals surface area contributed by atoms with Crippen LogP contribution in [0.1, 0.15) is 47.8 Å². The van der Waals surface area contributed by atoms with Gasteiger partial charge in [0.2, 0.25) is 0 Å². The van der Waals surface area contributed by atoms with Crippen molar-refractivity contribution in [2.75, 3.05) is 45.9 Å². The molecule has 1 unspecified atom stereocenters. The highest BCUT2D eigenvalue weighted by molar-refractivity contribution is 6.30. The van der Waals surface area contributed by atoms with Crippen molar-refractivity contribution < 1.29 is 19.1 Å². The lowest BCUT2D eigenvalue weighted by Crippen LogP contribution is -2.51. The van der Waals surface area contributed by atoms with Gasteiger partial charge in [0.25, 0.3) is 5.91 Å². The van der Waals surface area contributed by atoms with Gasteiger partial charge in [-0.15, -0.1) is 0 Å². The fourth-order valence-electron chi connectivity index (χ4n) is 5.02. The number of ether oxygens (including phenoxy) is 1. The zero-order valence-corrected chi connectivity index (χ0v) is 23.0. The first kappa shape index (κ1) is 27.7.